The van der Waals surface area contributed by atoms with Crippen LogP contribution in [0.15, 0.2) is 73.6 Å². The third-order valence-electron chi connectivity index (χ3n) is 6.64. The lowest BCUT2D eigenvalue weighted by atomic mass is 9.95. The molecule has 0 amide bonds. The molecule has 0 spiro atoms. The number of nitrogens with zero attached hydrogens (tertiary/aromatic N) is 5. The number of hydrogen-bond acceptors (Lipinski definition) is 11. The molecule has 1 aliphatic heterocycles. The molecule has 0 radical (unpaired) electrons. The molecule has 2 aromatic heterocycles. The maximum absolute atomic E-state index is 14.0. The molecule has 0 N–H and O–H groups in total. The third-order valence-corrected chi connectivity index (χ3v) is 8.79. The fraction of sp³-hybridized carbons (Fsp3) is 0.233. The Kier molecular flexibility index (Phi) is 9.00. The van der Waals surface area contributed by atoms with Crippen LogP contribution in [-0.2, 0) is 9.53 Å². The second kappa shape index (κ2) is 12.7. The maximum Gasteiger partial charge on any atom is 0.338 e. The summed E-state index contributed by atoms with van der Waals surface area (Å²) in [4.78, 5) is 52.7. The van der Waals surface area contributed by atoms with Crippen molar-refractivity contribution in [3.05, 3.63) is 111 Å². The van der Waals surface area contributed by atoms with Gasteiger partial charge in [-0.05, 0) is 81.4 Å². The van der Waals surface area contributed by atoms with Crippen molar-refractivity contribution in [2.24, 2.45) is 4.99 Å². The summed E-state index contributed by atoms with van der Waals surface area (Å²) in [6.45, 7) is 7.15. The molecule has 3 heterocycles. The minimum Gasteiger partial charge on any atom is -0.496 e. The van der Waals surface area contributed by atoms with Crippen molar-refractivity contribution in [3.63, 3.8) is 0 Å². The van der Waals surface area contributed by atoms with E-state index < -0.39 is 22.5 Å². The van der Waals surface area contributed by atoms with Crippen LogP contribution in [0.25, 0.3) is 6.08 Å². The SMILES string of the molecule is CCOC(=O)C1=C(C)N=c2s/c(=C\c3ccc(Sc4nc(C)cc(C)n4)c([N+](=O)[O-])c3)c(=O)n2[C@H]1c1cc(Cl)ccc1OC. The van der Waals surface area contributed by atoms with Crippen molar-refractivity contribution in [2.75, 3.05) is 13.7 Å². The number of carbonyl (C=O) groups is 1. The molecular formula is C30H26ClN5O6S2. The topological polar surface area (TPSA) is 139 Å². The van der Waals surface area contributed by atoms with Gasteiger partial charge in [0, 0.05) is 28.0 Å². The van der Waals surface area contributed by atoms with Crippen LogP contribution in [0.5, 0.6) is 5.75 Å². The monoisotopic (exact) mass is 651 g/mol. The summed E-state index contributed by atoms with van der Waals surface area (Å²) in [5, 5.41) is 12.8. The standard InChI is InChI=1S/C30H26ClN5O6S2/c1-6-42-28(38)25-17(4)34-30-35(26(25)20-14-19(31)8-9-22(20)41-5)27(37)24(44-30)13-18-7-10-23(21(12-18)36(39)40)43-29-32-15(2)11-16(3)33-29/h7-14,26H,6H2,1-5H3/b24-13-/t26-/m0/s1. The molecule has 14 heteroatoms. The van der Waals surface area contributed by atoms with E-state index in [0.29, 0.717) is 42.4 Å². The van der Waals surface area contributed by atoms with Gasteiger partial charge in [-0.1, -0.05) is 29.0 Å². The average molecular weight is 652 g/mol. The van der Waals surface area contributed by atoms with E-state index in [1.807, 2.05) is 19.9 Å². The highest BCUT2D eigenvalue weighted by molar-refractivity contribution is 7.99. The summed E-state index contributed by atoms with van der Waals surface area (Å²) in [6, 6.07) is 10.5. The predicted molar refractivity (Wildman–Crippen MR) is 167 cm³/mol. The first-order valence-electron chi connectivity index (χ1n) is 13.3. The number of thiazole rings is 1. The number of aromatic nitrogens is 3. The van der Waals surface area contributed by atoms with Crippen molar-refractivity contribution >= 4 is 52.4 Å². The molecule has 226 valence electrons. The molecule has 0 aliphatic carbocycles. The van der Waals surface area contributed by atoms with Crippen LogP contribution < -0.4 is 19.6 Å². The Hall–Kier alpha value is -4.33. The lowest BCUT2D eigenvalue weighted by Crippen LogP contribution is -2.40. The Balaban J connectivity index is 1.65. The van der Waals surface area contributed by atoms with Crippen molar-refractivity contribution in [3.8, 4) is 5.75 Å². The molecule has 5 rings (SSSR count). The number of nitro benzene ring substituents is 1. The van der Waals surface area contributed by atoms with Crippen LogP contribution in [-0.4, -0.2) is 39.1 Å². The zero-order chi connectivity index (χ0) is 31.7. The van der Waals surface area contributed by atoms with Crippen LogP contribution in [0.3, 0.4) is 0 Å². The van der Waals surface area contributed by atoms with Crippen LogP contribution in [0.2, 0.25) is 5.02 Å². The number of hydrogen-bond donors (Lipinski definition) is 0. The Morgan fingerprint density at radius 2 is 1.89 bits per heavy atom. The van der Waals surface area contributed by atoms with Crippen LogP contribution in [0.1, 0.15) is 42.4 Å². The fourth-order valence-electron chi connectivity index (χ4n) is 4.85. The summed E-state index contributed by atoms with van der Waals surface area (Å²) < 4.78 is 12.6. The zero-order valence-corrected chi connectivity index (χ0v) is 26.7. The Morgan fingerprint density at radius 1 is 1.16 bits per heavy atom. The molecule has 0 saturated heterocycles. The second-order valence-corrected chi connectivity index (χ2v) is 12.2. The van der Waals surface area contributed by atoms with Crippen molar-refractivity contribution in [2.45, 2.75) is 43.8 Å². The highest BCUT2D eigenvalue weighted by Crippen LogP contribution is 2.37. The van der Waals surface area contributed by atoms with Gasteiger partial charge in [0.25, 0.3) is 11.2 Å². The molecule has 0 saturated carbocycles. The largest absolute Gasteiger partial charge is 0.496 e. The van der Waals surface area contributed by atoms with Gasteiger partial charge in [0.2, 0.25) is 0 Å². The lowest BCUT2D eigenvalue weighted by Gasteiger charge is -2.26. The molecule has 1 atom stereocenters. The van der Waals surface area contributed by atoms with Gasteiger partial charge in [0.15, 0.2) is 9.96 Å². The van der Waals surface area contributed by atoms with Crippen LogP contribution >= 0.6 is 34.7 Å². The summed E-state index contributed by atoms with van der Waals surface area (Å²) >= 11 is 8.54. The Bertz CT molecular complexity index is 2020. The van der Waals surface area contributed by atoms with E-state index in [-0.39, 0.29) is 22.4 Å². The first kappa shape index (κ1) is 31.1. The first-order chi connectivity index (χ1) is 21.0. The van der Waals surface area contributed by atoms with Gasteiger partial charge < -0.3 is 9.47 Å². The number of rotatable bonds is 8. The minimum absolute atomic E-state index is 0.127. The second-order valence-electron chi connectivity index (χ2n) is 9.71. The third kappa shape index (κ3) is 6.16. The lowest BCUT2D eigenvalue weighted by molar-refractivity contribution is -0.387. The zero-order valence-electron chi connectivity index (χ0n) is 24.3. The maximum atomic E-state index is 14.0. The summed E-state index contributed by atoms with van der Waals surface area (Å²) in [5.41, 5.74) is 2.39. The smallest absolute Gasteiger partial charge is 0.338 e. The quantitative estimate of drug-likeness (QED) is 0.112. The molecule has 0 fully saturated rings. The molecular weight excluding hydrogens is 626 g/mol. The van der Waals surface area contributed by atoms with Gasteiger partial charge in [-0.15, -0.1) is 0 Å². The van der Waals surface area contributed by atoms with Crippen LogP contribution in [0, 0.1) is 24.0 Å². The van der Waals surface area contributed by atoms with E-state index in [2.05, 4.69) is 15.0 Å². The van der Waals surface area contributed by atoms with Gasteiger partial charge in [0.05, 0.1) is 39.3 Å². The van der Waals surface area contributed by atoms with E-state index in [4.69, 9.17) is 21.1 Å². The fourth-order valence-corrected chi connectivity index (χ4v) is 7.02. The highest BCUT2D eigenvalue weighted by atomic mass is 35.5. The van der Waals surface area contributed by atoms with Gasteiger partial charge in [-0.25, -0.2) is 19.8 Å². The number of halogens is 1. The summed E-state index contributed by atoms with van der Waals surface area (Å²) in [6.07, 6.45) is 1.56. The summed E-state index contributed by atoms with van der Waals surface area (Å²) in [7, 11) is 1.48. The van der Waals surface area contributed by atoms with E-state index in [1.54, 1.807) is 50.3 Å². The number of methoxy groups -OCH3 is 1. The number of ether oxygens (including phenoxy) is 2. The van der Waals surface area contributed by atoms with Crippen LogP contribution in [0.4, 0.5) is 5.69 Å². The molecule has 4 aromatic rings. The molecule has 44 heavy (non-hydrogen) atoms. The molecule has 11 nitrogen and oxygen atoms in total. The van der Waals surface area contributed by atoms with E-state index in [9.17, 15) is 19.7 Å². The Labute approximate surface area is 264 Å². The van der Waals surface area contributed by atoms with Gasteiger partial charge in [0.1, 0.15) is 11.8 Å². The Morgan fingerprint density at radius 3 is 2.55 bits per heavy atom. The van der Waals surface area contributed by atoms with Crippen molar-refractivity contribution in [1.29, 1.82) is 0 Å². The van der Waals surface area contributed by atoms with Gasteiger partial charge >= 0.3 is 5.97 Å². The molecule has 1 aliphatic rings. The molecule has 0 bridgehead atoms. The normalized spacial score (nSPS) is 14.7. The highest BCUT2D eigenvalue weighted by Gasteiger charge is 2.35. The van der Waals surface area contributed by atoms with Crippen molar-refractivity contribution in [1.82, 2.24) is 14.5 Å². The van der Waals surface area contributed by atoms with E-state index >= 15 is 0 Å². The number of aryl methyl sites for hydroxylation is 2. The number of esters is 1. The number of benzene rings is 2. The number of fused-ring (bicyclic) bond motifs is 1. The average Bonchev–Trinajstić information content (AvgIpc) is 3.26. The molecule has 2 aromatic carbocycles. The van der Waals surface area contributed by atoms with E-state index in [0.717, 1.165) is 34.5 Å². The first-order valence-corrected chi connectivity index (χ1v) is 15.3. The van der Waals surface area contributed by atoms with Crippen molar-refractivity contribution < 1.29 is 19.2 Å². The summed E-state index contributed by atoms with van der Waals surface area (Å²) in [5.74, 6) is -0.200. The number of allylic oxidation sites excluding steroid dienone is 1. The number of nitro groups is 1. The molecule has 0 unspecified atom stereocenters. The predicted octanol–water partition coefficient (Wildman–Crippen LogP) is 4.93. The van der Waals surface area contributed by atoms with Gasteiger partial charge in [-0.2, -0.15) is 0 Å². The number of carbonyl (C=O) groups excluding carboxylic acids is 1. The van der Waals surface area contributed by atoms with Gasteiger partial charge in [-0.3, -0.25) is 19.5 Å². The minimum atomic E-state index is -0.938. The van der Waals surface area contributed by atoms with E-state index in [1.165, 1.54) is 17.7 Å².